The normalized spacial score (nSPS) is 26.3. The SMILES string of the molecule is Cc1ccccc1C(=O)NC1CCN(CC2(C)CCNC2)CC1. The summed E-state index contributed by atoms with van der Waals surface area (Å²) < 4.78 is 0. The Kier molecular flexibility index (Phi) is 5.02. The maximum atomic E-state index is 12.4. The third-order valence-corrected chi connectivity index (χ3v) is 5.37. The molecule has 1 amide bonds. The maximum Gasteiger partial charge on any atom is 0.251 e. The Labute approximate surface area is 139 Å². The lowest BCUT2D eigenvalue weighted by Gasteiger charge is -2.37. The van der Waals surface area contributed by atoms with Gasteiger partial charge in [-0.1, -0.05) is 25.1 Å². The number of amides is 1. The molecule has 23 heavy (non-hydrogen) atoms. The number of rotatable bonds is 4. The van der Waals surface area contributed by atoms with E-state index in [2.05, 4.69) is 22.5 Å². The Morgan fingerprint density at radius 3 is 2.74 bits per heavy atom. The summed E-state index contributed by atoms with van der Waals surface area (Å²) in [5, 5.41) is 6.70. The Morgan fingerprint density at radius 2 is 2.09 bits per heavy atom. The minimum Gasteiger partial charge on any atom is -0.349 e. The summed E-state index contributed by atoms with van der Waals surface area (Å²) >= 11 is 0. The number of benzene rings is 1. The van der Waals surface area contributed by atoms with Gasteiger partial charge in [0.15, 0.2) is 0 Å². The van der Waals surface area contributed by atoms with Crippen molar-refractivity contribution in [2.24, 2.45) is 5.41 Å². The zero-order valence-corrected chi connectivity index (χ0v) is 14.4. The summed E-state index contributed by atoms with van der Waals surface area (Å²) in [4.78, 5) is 15.0. The van der Waals surface area contributed by atoms with Gasteiger partial charge < -0.3 is 15.5 Å². The molecule has 2 fully saturated rings. The predicted molar refractivity (Wildman–Crippen MR) is 93.7 cm³/mol. The molecule has 0 radical (unpaired) electrons. The van der Waals surface area contributed by atoms with Crippen LogP contribution < -0.4 is 10.6 Å². The molecular formula is C19H29N3O. The second-order valence-corrected chi connectivity index (χ2v) is 7.58. The van der Waals surface area contributed by atoms with Crippen LogP contribution >= 0.6 is 0 Å². The number of hydrogen-bond donors (Lipinski definition) is 2. The van der Waals surface area contributed by atoms with Crippen LogP contribution in [0.5, 0.6) is 0 Å². The van der Waals surface area contributed by atoms with Gasteiger partial charge in [-0.15, -0.1) is 0 Å². The topological polar surface area (TPSA) is 44.4 Å². The van der Waals surface area contributed by atoms with E-state index in [1.54, 1.807) is 0 Å². The van der Waals surface area contributed by atoms with Crippen LogP contribution in [-0.4, -0.2) is 49.6 Å². The van der Waals surface area contributed by atoms with Gasteiger partial charge >= 0.3 is 0 Å². The first-order valence-electron chi connectivity index (χ1n) is 8.85. The van der Waals surface area contributed by atoms with E-state index in [4.69, 9.17) is 0 Å². The Hall–Kier alpha value is -1.39. The molecule has 0 bridgehead atoms. The van der Waals surface area contributed by atoms with Crippen LogP contribution in [0.2, 0.25) is 0 Å². The van der Waals surface area contributed by atoms with Gasteiger partial charge in [-0.05, 0) is 49.8 Å². The highest BCUT2D eigenvalue weighted by Crippen LogP contribution is 2.27. The molecule has 0 saturated carbocycles. The molecule has 2 aliphatic heterocycles. The van der Waals surface area contributed by atoms with Crippen LogP contribution in [0.4, 0.5) is 0 Å². The van der Waals surface area contributed by atoms with E-state index in [1.807, 2.05) is 31.2 Å². The minimum atomic E-state index is 0.0773. The van der Waals surface area contributed by atoms with E-state index in [1.165, 1.54) is 13.0 Å². The second-order valence-electron chi connectivity index (χ2n) is 7.58. The van der Waals surface area contributed by atoms with E-state index in [9.17, 15) is 4.79 Å². The van der Waals surface area contributed by atoms with Gasteiger partial charge in [0.2, 0.25) is 0 Å². The van der Waals surface area contributed by atoms with Gasteiger partial charge in [0.05, 0.1) is 0 Å². The molecule has 2 N–H and O–H groups in total. The molecule has 126 valence electrons. The quantitative estimate of drug-likeness (QED) is 0.895. The second kappa shape index (κ2) is 7.02. The molecule has 1 aromatic carbocycles. The molecule has 2 aliphatic rings. The van der Waals surface area contributed by atoms with Crippen molar-refractivity contribution in [3.8, 4) is 0 Å². The van der Waals surface area contributed by atoms with Crippen molar-refractivity contribution in [1.29, 1.82) is 0 Å². The first-order chi connectivity index (χ1) is 11.1. The molecule has 1 aromatic rings. The van der Waals surface area contributed by atoms with Crippen molar-refractivity contribution in [2.75, 3.05) is 32.7 Å². The van der Waals surface area contributed by atoms with Crippen LogP contribution in [0, 0.1) is 12.3 Å². The van der Waals surface area contributed by atoms with Crippen LogP contribution in [0.3, 0.4) is 0 Å². The number of piperidine rings is 1. The van der Waals surface area contributed by atoms with E-state index < -0.39 is 0 Å². The summed E-state index contributed by atoms with van der Waals surface area (Å²) in [6.45, 7) is 10.0. The lowest BCUT2D eigenvalue weighted by molar-refractivity contribution is 0.0891. The van der Waals surface area contributed by atoms with E-state index in [-0.39, 0.29) is 5.91 Å². The third kappa shape index (κ3) is 4.12. The number of carbonyl (C=O) groups is 1. The number of nitrogens with one attached hydrogen (secondary N) is 2. The average molecular weight is 315 g/mol. The van der Waals surface area contributed by atoms with Crippen LogP contribution in [0.1, 0.15) is 42.1 Å². The molecule has 0 spiro atoms. The fraction of sp³-hybridized carbons (Fsp3) is 0.632. The fourth-order valence-corrected chi connectivity index (χ4v) is 3.87. The number of likely N-dealkylation sites (tertiary alicyclic amines) is 1. The van der Waals surface area contributed by atoms with Gasteiger partial charge in [0.25, 0.3) is 5.91 Å². The predicted octanol–water partition coefficient (Wildman–Crippen LogP) is 2.19. The first-order valence-corrected chi connectivity index (χ1v) is 8.85. The minimum absolute atomic E-state index is 0.0773. The van der Waals surface area contributed by atoms with E-state index >= 15 is 0 Å². The maximum absolute atomic E-state index is 12.4. The number of aryl methyl sites for hydroxylation is 1. The zero-order chi connectivity index (χ0) is 16.3. The summed E-state index contributed by atoms with van der Waals surface area (Å²) in [6.07, 6.45) is 3.39. The molecule has 1 unspecified atom stereocenters. The standard InChI is InChI=1S/C19H29N3O/c1-15-5-3-4-6-17(15)18(23)21-16-7-11-22(12-8-16)14-19(2)9-10-20-13-19/h3-6,16,20H,7-14H2,1-2H3,(H,21,23). The average Bonchev–Trinajstić information content (AvgIpc) is 2.96. The molecule has 4 nitrogen and oxygen atoms in total. The molecule has 4 heteroatoms. The zero-order valence-electron chi connectivity index (χ0n) is 14.4. The molecule has 2 saturated heterocycles. The van der Waals surface area contributed by atoms with Gasteiger partial charge in [-0.2, -0.15) is 0 Å². The molecule has 3 rings (SSSR count). The van der Waals surface area contributed by atoms with Crippen molar-refractivity contribution in [2.45, 2.75) is 39.2 Å². The lowest BCUT2D eigenvalue weighted by Crippen LogP contribution is -2.47. The Bertz CT molecular complexity index is 543. The highest BCUT2D eigenvalue weighted by atomic mass is 16.1. The van der Waals surface area contributed by atoms with Gasteiger partial charge in [0.1, 0.15) is 0 Å². The molecule has 1 atom stereocenters. The van der Waals surface area contributed by atoms with Crippen LogP contribution in [0.15, 0.2) is 24.3 Å². The highest BCUT2D eigenvalue weighted by molar-refractivity contribution is 5.95. The summed E-state index contributed by atoms with van der Waals surface area (Å²) in [6, 6.07) is 8.12. The van der Waals surface area contributed by atoms with Crippen LogP contribution in [-0.2, 0) is 0 Å². The number of nitrogens with zero attached hydrogens (tertiary/aromatic N) is 1. The van der Waals surface area contributed by atoms with Crippen molar-refractivity contribution >= 4 is 5.91 Å². The Morgan fingerprint density at radius 1 is 1.35 bits per heavy atom. The first kappa shape index (κ1) is 16.5. The largest absolute Gasteiger partial charge is 0.349 e. The Balaban J connectivity index is 1.47. The molecule has 0 aliphatic carbocycles. The fourth-order valence-electron chi connectivity index (χ4n) is 3.87. The van der Waals surface area contributed by atoms with Crippen LogP contribution in [0.25, 0.3) is 0 Å². The van der Waals surface area contributed by atoms with Gasteiger partial charge in [-0.3, -0.25) is 4.79 Å². The summed E-state index contributed by atoms with van der Waals surface area (Å²) in [5.41, 5.74) is 2.28. The van der Waals surface area contributed by atoms with Gasteiger partial charge in [-0.25, -0.2) is 0 Å². The number of carbonyl (C=O) groups excluding carboxylic acids is 1. The van der Waals surface area contributed by atoms with Crippen molar-refractivity contribution in [1.82, 2.24) is 15.5 Å². The van der Waals surface area contributed by atoms with Gasteiger partial charge in [0, 0.05) is 37.8 Å². The molecule has 2 heterocycles. The lowest BCUT2D eigenvalue weighted by atomic mass is 9.88. The molecular weight excluding hydrogens is 286 g/mol. The van der Waals surface area contributed by atoms with E-state index in [0.29, 0.717) is 11.5 Å². The highest BCUT2D eigenvalue weighted by Gasteiger charge is 2.32. The summed E-state index contributed by atoms with van der Waals surface area (Å²) in [7, 11) is 0. The van der Waals surface area contributed by atoms with Crippen molar-refractivity contribution in [3.63, 3.8) is 0 Å². The van der Waals surface area contributed by atoms with E-state index in [0.717, 1.165) is 50.1 Å². The summed E-state index contributed by atoms with van der Waals surface area (Å²) in [5.74, 6) is 0.0773. The third-order valence-electron chi connectivity index (χ3n) is 5.37. The van der Waals surface area contributed by atoms with Crippen molar-refractivity contribution < 1.29 is 4.79 Å². The smallest absolute Gasteiger partial charge is 0.251 e. The monoisotopic (exact) mass is 315 g/mol. The number of hydrogen-bond acceptors (Lipinski definition) is 3. The van der Waals surface area contributed by atoms with Crippen molar-refractivity contribution in [3.05, 3.63) is 35.4 Å². The molecule has 0 aromatic heterocycles.